The monoisotopic (exact) mass is 187 g/mol. The number of nitrogens with zero attached hydrogens (tertiary/aromatic N) is 2. The summed E-state index contributed by atoms with van der Waals surface area (Å²) in [4.78, 5) is 14.8. The molecular weight excluding hydrogens is 180 g/mol. The van der Waals surface area contributed by atoms with Crippen LogP contribution < -0.4 is 10.9 Å². The lowest BCUT2D eigenvalue weighted by atomic mass is 10.4. The van der Waals surface area contributed by atoms with Gasteiger partial charge in [0.25, 0.3) is 12.0 Å². The first-order valence-corrected chi connectivity index (χ1v) is 3.82. The first-order chi connectivity index (χ1) is 6.18. The lowest BCUT2D eigenvalue weighted by Gasteiger charge is -2.03. The normalized spacial score (nSPS) is 14.4. The molecule has 13 heavy (non-hydrogen) atoms. The number of hydrogen-bond acceptors (Lipinski definition) is 3. The SMILES string of the molecule is O=c1cc(C(F)F)nc2n1CCN2. The third-order valence-electron chi connectivity index (χ3n) is 1.87. The van der Waals surface area contributed by atoms with Crippen LogP contribution >= 0.6 is 0 Å². The van der Waals surface area contributed by atoms with Crippen molar-refractivity contribution in [3.8, 4) is 0 Å². The minimum atomic E-state index is -2.69. The molecule has 1 aromatic heterocycles. The van der Waals surface area contributed by atoms with E-state index in [9.17, 15) is 13.6 Å². The molecule has 0 bridgehead atoms. The summed E-state index contributed by atoms with van der Waals surface area (Å²) >= 11 is 0. The Balaban J connectivity index is 2.56. The van der Waals surface area contributed by atoms with Gasteiger partial charge in [0, 0.05) is 19.2 Å². The van der Waals surface area contributed by atoms with E-state index in [1.54, 1.807) is 0 Å². The van der Waals surface area contributed by atoms with Crippen LogP contribution in [0.3, 0.4) is 0 Å². The molecule has 1 aliphatic rings. The Morgan fingerprint density at radius 1 is 1.62 bits per heavy atom. The predicted octanol–water partition coefficient (Wildman–Crippen LogP) is 0.606. The number of halogens is 2. The van der Waals surface area contributed by atoms with Crippen LogP contribution in [0.25, 0.3) is 0 Å². The first-order valence-electron chi connectivity index (χ1n) is 3.82. The molecule has 0 fully saturated rings. The molecule has 6 heteroatoms. The molecule has 0 unspecified atom stereocenters. The van der Waals surface area contributed by atoms with Crippen molar-refractivity contribution in [1.82, 2.24) is 9.55 Å². The summed E-state index contributed by atoms with van der Waals surface area (Å²) in [5.74, 6) is 0.239. The number of fused-ring (bicyclic) bond motifs is 1. The van der Waals surface area contributed by atoms with Crippen LogP contribution in [-0.2, 0) is 6.54 Å². The predicted molar refractivity (Wildman–Crippen MR) is 41.9 cm³/mol. The van der Waals surface area contributed by atoms with E-state index in [4.69, 9.17) is 0 Å². The van der Waals surface area contributed by atoms with Gasteiger partial charge in [0.2, 0.25) is 5.95 Å². The van der Waals surface area contributed by atoms with Crippen molar-refractivity contribution in [2.45, 2.75) is 13.0 Å². The Kier molecular flexibility index (Phi) is 1.75. The molecule has 2 rings (SSSR count). The molecule has 0 radical (unpaired) electrons. The molecule has 2 heterocycles. The van der Waals surface area contributed by atoms with E-state index in [1.807, 2.05) is 0 Å². The van der Waals surface area contributed by atoms with E-state index in [0.29, 0.717) is 13.1 Å². The molecule has 0 aromatic carbocycles. The molecule has 70 valence electrons. The minimum Gasteiger partial charge on any atom is -0.354 e. The van der Waals surface area contributed by atoms with Crippen LogP contribution in [0.4, 0.5) is 14.7 Å². The third-order valence-corrected chi connectivity index (χ3v) is 1.87. The summed E-state index contributed by atoms with van der Waals surface area (Å²) in [7, 11) is 0. The molecule has 1 N–H and O–H groups in total. The Hall–Kier alpha value is -1.46. The van der Waals surface area contributed by atoms with E-state index in [0.717, 1.165) is 6.07 Å². The zero-order valence-corrected chi connectivity index (χ0v) is 6.63. The lowest BCUT2D eigenvalue weighted by molar-refractivity contribution is 0.146. The Morgan fingerprint density at radius 2 is 2.38 bits per heavy atom. The Labute approximate surface area is 72.2 Å². The van der Waals surface area contributed by atoms with Crippen molar-refractivity contribution in [2.75, 3.05) is 11.9 Å². The van der Waals surface area contributed by atoms with Crippen molar-refractivity contribution in [3.63, 3.8) is 0 Å². The number of anilines is 1. The zero-order valence-electron chi connectivity index (χ0n) is 6.63. The average Bonchev–Trinajstić information content (AvgIpc) is 2.51. The molecule has 0 saturated heterocycles. The number of alkyl halides is 2. The zero-order chi connectivity index (χ0) is 9.42. The largest absolute Gasteiger partial charge is 0.354 e. The van der Waals surface area contributed by atoms with Gasteiger partial charge in [-0.05, 0) is 0 Å². The smallest absolute Gasteiger partial charge is 0.280 e. The van der Waals surface area contributed by atoms with Gasteiger partial charge >= 0.3 is 0 Å². The highest BCUT2D eigenvalue weighted by molar-refractivity contribution is 5.31. The van der Waals surface area contributed by atoms with Crippen LogP contribution in [0.1, 0.15) is 12.1 Å². The summed E-state index contributed by atoms with van der Waals surface area (Å²) in [6.45, 7) is 1.06. The fraction of sp³-hybridized carbons (Fsp3) is 0.429. The van der Waals surface area contributed by atoms with Crippen molar-refractivity contribution in [3.05, 3.63) is 22.1 Å². The topological polar surface area (TPSA) is 46.9 Å². The number of rotatable bonds is 1. The van der Waals surface area contributed by atoms with Crippen LogP contribution in [0.15, 0.2) is 10.9 Å². The molecule has 0 saturated carbocycles. The maximum absolute atomic E-state index is 12.2. The number of hydrogen-bond donors (Lipinski definition) is 1. The summed E-state index contributed by atoms with van der Waals surface area (Å²) in [6, 6.07) is 0.876. The summed E-state index contributed by atoms with van der Waals surface area (Å²) in [5.41, 5.74) is -0.893. The molecule has 0 spiro atoms. The number of nitrogens with one attached hydrogen (secondary N) is 1. The van der Waals surface area contributed by atoms with Gasteiger partial charge in [0.05, 0.1) is 0 Å². The second-order valence-corrected chi connectivity index (χ2v) is 2.72. The molecule has 0 atom stereocenters. The van der Waals surface area contributed by atoms with Gasteiger partial charge in [-0.25, -0.2) is 13.8 Å². The van der Waals surface area contributed by atoms with Gasteiger partial charge < -0.3 is 5.32 Å². The first kappa shape index (κ1) is 8.15. The molecular formula is C7H7F2N3O. The molecule has 0 aliphatic carbocycles. The quantitative estimate of drug-likeness (QED) is 0.700. The molecule has 1 aromatic rings. The fourth-order valence-corrected chi connectivity index (χ4v) is 1.27. The van der Waals surface area contributed by atoms with E-state index in [2.05, 4.69) is 10.3 Å². The van der Waals surface area contributed by atoms with Crippen molar-refractivity contribution >= 4 is 5.95 Å². The molecule has 4 nitrogen and oxygen atoms in total. The van der Waals surface area contributed by atoms with E-state index >= 15 is 0 Å². The van der Waals surface area contributed by atoms with E-state index < -0.39 is 17.7 Å². The fourth-order valence-electron chi connectivity index (χ4n) is 1.27. The second-order valence-electron chi connectivity index (χ2n) is 2.72. The van der Waals surface area contributed by atoms with Gasteiger partial charge in [0.1, 0.15) is 5.69 Å². The van der Waals surface area contributed by atoms with Gasteiger partial charge in [0.15, 0.2) is 0 Å². The second kappa shape index (κ2) is 2.79. The summed E-state index contributed by atoms with van der Waals surface area (Å²) in [6.07, 6.45) is -2.69. The Bertz CT molecular complexity index is 388. The van der Waals surface area contributed by atoms with Crippen LogP contribution in [0.5, 0.6) is 0 Å². The highest BCUT2D eigenvalue weighted by atomic mass is 19.3. The van der Waals surface area contributed by atoms with Gasteiger partial charge in [-0.15, -0.1) is 0 Å². The van der Waals surface area contributed by atoms with E-state index in [1.165, 1.54) is 4.57 Å². The van der Waals surface area contributed by atoms with Gasteiger partial charge in [-0.2, -0.15) is 0 Å². The maximum Gasteiger partial charge on any atom is 0.280 e. The standard InChI is InChI=1S/C7H7F2N3O/c8-6(9)4-3-5(13)12-2-1-10-7(12)11-4/h3,6H,1-2H2,(H,10,11). The number of aromatic nitrogens is 2. The van der Waals surface area contributed by atoms with Gasteiger partial charge in [-0.1, -0.05) is 0 Å². The average molecular weight is 187 g/mol. The minimum absolute atomic E-state index is 0.239. The molecule has 1 aliphatic heterocycles. The molecule has 0 amide bonds. The van der Waals surface area contributed by atoms with Crippen molar-refractivity contribution < 1.29 is 8.78 Å². The third kappa shape index (κ3) is 1.28. The van der Waals surface area contributed by atoms with Crippen LogP contribution in [0.2, 0.25) is 0 Å². The highest BCUT2D eigenvalue weighted by Crippen LogP contribution is 2.17. The van der Waals surface area contributed by atoms with Crippen molar-refractivity contribution in [1.29, 1.82) is 0 Å². The Morgan fingerprint density at radius 3 is 3.08 bits per heavy atom. The lowest BCUT2D eigenvalue weighted by Crippen LogP contribution is -2.19. The maximum atomic E-state index is 12.2. The van der Waals surface area contributed by atoms with Gasteiger partial charge in [-0.3, -0.25) is 9.36 Å². The highest BCUT2D eigenvalue weighted by Gasteiger charge is 2.17. The van der Waals surface area contributed by atoms with Crippen LogP contribution in [-0.4, -0.2) is 16.1 Å². The summed E-state index contributed by atoms with van der Waals surface area (Å²) in [5, 5.41) is 2.75. The van der Waals surface area contributed by atoms with E-state index in [-0.39, 0.29) is 5.95 Å². The van der Waals surface area contributed by atoms with Crippen molar-refractivity contribution in [2.24, 2.45) is 0 Å². The summed E-state index contributed by atoms with van der Waals surface area (Å²) < 4.78 is 25.7. The van der Waals surface area contributed by atoms with Crippen LogP contribution in [0, 0.1) is 0 Å².